The monoisotopic (exact) mass is 544 g/mol. The van der Waals surface area contributed by atoms with Crippen molar-refractivity contribution in [3.63, 3.8) is 0 Å². The first-order chi connectivity index (χ1) is 14.6. The Morgan fingerprint density at radius 3 is 2.61 bits per heavy atom. The summed E-state index contributed by atoms with van der Waals surface area (Å²) in [5, 5.41) is 7.71. The maximum atomic E-state index is 13.6. The average molecular weight is 545 g/mol. The molecule has 1 aromatic carbocycles. The molecular formula is C23H38FIN6. The second kappa shape index (κ2) is 13.2. The van der Waals surface area contributed by atoms with E-state index in [4.69, 9.17) is 4.99 Å². The molecule has 0 aliphatic carbocycles. The quantitative estimate of drug-likeness (QED) is 0.258. The Bertz CT molecular complexity index is 815. The summed E-state index contributed by atoms with van der Waals surface area (Å²) in [5.41, 5.74) is 2.09. The number of aliphatic imine (C=N–C) groups is 1. The van der Waals surface area contributed by atoms with E-state index in [-0.39, 0.29) is 29.8 Å². The molecule has 2 aromatic rings. The number of halogens is 2. The van der Waals surface area contributed by atoms with E-state index < -0.39 is 0 Å². The lowest BCUT2D eigenvalue weighted by molar-refractivity contribution is 0.125. The first-order valence-corrected chi connectivity index (χ1v) is 11.3. The minimum atomic E-state index is -0.198. The summed E-state index contributed by atoms with van der Waals surface area (Å²) in [5.74, 6) is 1.17. The van der Waals surface area contributed by atoms with Crippen LogP contribution in [0, 0.1) is 11.7 Å². The third kappa shape index (κ3) is 7.91. The van der Waals surface area contributed by atoms with Crippen LogP contribution in [0.2, 0.25) is 0 Å². The van der Waals surface area contributed by atoms with Crippen LogP contribution in [0.15, 0.2) is 29.4 Å². The fraction of sp³-hybridized carbons (Fsp3) is 0.609. The van der Waals surface area contributed by atoms with Gasteiger partial charge in [-0.1, -0.05) is 13.8 Å². The molecule has 8 heteroatoms. The highest BCUT2D eigenvalue weighted by Crippen LogP contribution is 2.19. The zero-order valence-corrected chi connectivity index (χ0v) is 21.4. The van der Waals surface area contributed by atoms with Gasteiger partial charge in [0.15, 0.2) is 5.96 Å². The van der Waals surface area contributed by atoms with E-state index in [1.807, 2.05) is 6.20 Å². The largest absolute Gasteiger partial charge is 0.361 e. The fourth-order valence-corrected chi connectivity index (χ4v) is 4.05. The van der Waals surface area contributed by atoms with Crippen molar-refractivity contribution in [3.05, 3.63) is 35.8 Å². The van der Waals surface area contributed by atoms with Gasteiger partial charge in [-0.3, -0.25) is 4.99 Å². The first-order valence-electron chi connectivity index (χ1n) is 11.3. The zero-order chi connectivity index (χ0) is 21.3. The predicted molar refractivity (Wildman–Crippen MR) is 139 cm³/mol. The number of nitrogens with one attached hydrogen (secondary N) is 3. The topological polar surface area (TPSA) is 58.7 Å². The van der Waals surface area contributed by atoms with Crippen LogP contribution in [0.3, 0.4) is 0 Å². The molecule has 6 nitrogen and oxygen atoms in total. The highest BCUT2D eigenvalue weighted by atomic mass is 127. The molecule has 2 heterocycles. The summed E-state index contributed by atoms with van der Waals surface area (Å²) in [4.78, 5) is 13.1. The van der Waals surface area contributed by atoms with Gasteiger partial charge < -0.3 is 25.4 Å². The maximum Gasteiger partial charge on any atom is 0.191 e. The van der Waals surface area contributed by atoms with Crippen LogP contribution >= 0.6 is 24.0 Å². The standard InChI is InChI=1S/C23H37FN6.HI/c1-4-25-23(28-15-18(3)17-30-12-10-29(5-2)11-13-30)26-9-8-19-16-27-22-7-6-20(24)14-21(19)22;/h6-7,14,16,18,27H,4-5,8-13,15,17H2,1-3H3,(H2,25,26,28);1H. The number of guanidine groups is 1. The van der Waals surface area contributed by atoms with Gasteiger partial charge in [-0.2, -0.15) is 0 Å². The number of fused-ring (bicyclic) bond motifs is 1. The summed E-state index contributed by atoms with van der Waals surface area (Å²) in [6.07, 6.45) is 2.78. The summed E-state index contributed by atoms with van der Waals surface area (Å²) in [6, 6.07) is 4.88. The summed E-state index contributed by atoms with van der Waals surface area (Å²) in [6.45, 7) is 15.9. The van der Waals surface area contributed by atoms with Gasteiger partial charge in [0, 0.05) is 69.5 Å². The van der Waals surface area contributed by atoms with Crippen LogP contribution in [0.1, 0.15) is 26.3 Å². The number of piperazine rings is 1. The number of H-pyrrole nitrogens is 1. The van der Waals surface area contributed by atoms with Crippen molar-refractivity contribution in [1.82, 2.24) is 25.4 Å². The van der Waals surface area contributed by atoms with Crippen molar-refractivity contribution in [1.29, 1.82) is 0 Å². The van der Waals surface area contributed by atoms with Crippen LogP contribution in [-0.4, -0.2) is 79.6 Å². The van der Waals surface area contributed by atoms with E-state index in [0.717, 1.165) is 74.7 Å². The average Bonchev–Trinajstić information content (AvgIpc) is 3.14. The van der Waals surface area contributed by atoms with Gasteiger partial charge in [0.2, 0.25) is 0 Å². The molecule has 1 aromatic heterocycles. The molecule has 1 saturated heterocycles. The Labute approximate surface area is 203 Å². The van der Waals surface area contributed by atoms with Crippen LogP contribution in [0.25, 0.3) is 10.9 Å². The van der Waals surface area contributed by atoms with E-state index in [0.29, 0.717) is 5.92 Å². The highest BCUT2D eigenvalue weighted by molar-refractivity contribution is 14.0. The second-order valence-corrected chi connectivity index (χ2v) is 8.24. The molecule has 3 N–H and O–H groups in total. The summed E-state index contributed by atoms with van der Waals surface area (Å²) < 4.78 is 13.6. The molecule has 1 unspecified atom stereocenters. The van der Waals surface area contributed by atoms with Gasteiger partial charge in [0.05, 0.1) is 0 Å². The Kier molecular flexibility index (Phi) is 11.0. The van der Waals surface area contributed by atoms with Crippen LogP contribution in [0.5, 0.6) is 0 Å². The first kappa shape index (κ1) is 25.9. The van der Waals surface area contributed by atoms with Crippen molar-refractivity contribution < 1.29 is 4.39 Å². The fourth-order valence-electron chi connectivity index (χ4n) is 4.05. The van der Waals surface area contributed by atoms with Gasteiger partial charge in [-0.15, -0.1) is 24.0 Å². The lowest BCUT2D eigenvalue weighted by atomic mass is 10.1. The number of aromatic nitrogens is 1. The van der Waals surface area contributed by atoms with E-state index >= 15 is 0 Å². The Morgan fingerprint density at radius 1 is 1.16 bits per heavy atom. The Morgan fingerprint density at radius 2 is 1.90 bits per heavy atom. The van der Waals surface area contributed by atoms with Gasteiger partial charge in [-0.25, -0.2) is 4.39 Å². The molecule has 1 aliphatic rings. The van der Waals surface area contributed by atoms with E-state index in [2.05, 4.69) is 46.2 Å². The number of nitrogens with zero attached hydrogens (tertiary/aromatic N) is 3. The van der Waals surface area contributed by atoms with E-state index in [1.165, 1.54) is 19.2 Å². The Balaban J connectivity index is 0.00000341. The molecule has 0 spiro atoms. The van der Waals surface area contributed by atoms with Crippen molar-refractivity contribution in [2.45, 2.75) is 27.2 Å². The molecule has 31 heavy (non-hydrogen) atoms. The van der Waals surface area contributed by atoms with Crippen molar-refractivity contribution in [2.75, 3.05) is 58.9 Å². The predicted octanol–water partition coefficient (Wildman–Crippen LogP) is 3.30. The normalized spacial score (nSPS) is 16.8. The van der Waals surface area contributed by atoms with Crippen LogP contribution in [-0.2, 0) is 6.42 Å². The van der Waals surface area contributed by atoms with Gasteiger partial charge in [-0.05, 0) is 49.6 Å². The number of benzene rings is 1. The lowest BCUT2D eigenvalue weighted by Gasteiger charge is -2.35. The van der Waals surface area contributed by atoms with Crippen molar-refractivity contribution in [2.24, 2.45) is 10.9 Å². The number of hydrogen-bond acceptors (Lipinski definition) is 3. The number of likely N-dealkylation sites (N-methyl/N-ethyl adjacent to an activating group) is 1. The SMILES string of the molecule is CCNC(=NCC(C)CN1CCN(CC)CC1)NCCc1c[nH]c2ccc(F)cc12.I. The molecule has 0 radical (unpaired) electrons. The zero-order valence-electron chi connectivity index (χ0n) is 19.1. The Hall–Kier alpha value is -1.39. The smallest absolute Gasteiger partial charge is 0.191 e. The van der Waals surface area contributed by atoms with Crippen LogP contribution in [0.4, 0.5) is 4.39 Å². The van der Waals surface area contributed by atoms with Gasteiger partial charge >= 0.3 is 0 Å². The minimum absolute atomic E-state index is 0. The maximum absolute atomic E-state index is 13.6. The van der Waals surface area contributed by atoms with Gasteiger partial charge in [0.1, 0.15) is 5.82 Å². The lowest BCUT2D eigenvalue weighted by Crippen LogP contribution is -2.47. The third-order valence-electron chi connectivity index (χ3n) is 5.80. The van der Waals surface area contributed by atoms with Crippen molar-refractivity contribution in [3.8, 4) is 0 Å². The molecule has 0 amide bonds. The van der Waals surface area contributed by atoms with E-state index in [9.17, 15) is 4.39 Å². The molecule has 1 fully saturated rings. The van der Waals surface area contributed by atoms with Gasteiger partial charge in [0.25, 0.3) is 0 Å². The highest BCUT2D eigenvalue weighted by Gasteiger charge is 2.17. The molecule has 1 aliphatic heterocycles. The number of rotatable bonds is 9. The molecule has 0 bridgehead atoms. The minimum Gasteiger partial charge on any atom is -0.361 e. The van der Waals surface area contributed by atoms with Crippen molar-refractivity contribution >= 4 is 40.8 Å². The molecule has 1 atom stereocenters. The summed E-state index contributed by atoms with van der Waals surface area (Å²) >= 11 is 0. The molecule has 174 valence electrons. The number of aromatic amines is 1. The third-order valence-corrected chi connectivity index (χ3v) is 5.80. The molecule has 0 saturated carbocycles. The van der Waals surface area contributed by atoms with E-state index in [1.54, 1.807) is 12.1 Å². The number of hydrogen-bond donors (Lipinski definition) is 3. The molecule has 3 rings (SSSR count). The second-order valence-electron chi connectivity index (χ2n) is 8.24. The summed E-state index contributed by atoms with van der Waals surface area (Å²) in [7, 11) is 0. The molecular weight excluding hydrogens is 506 g/mol. The van der Waals surface area contributed by atoms with Crippen LogP contribution < -0.4 is 10.6 Å².